The molecule has 10 nitrogen and oxygen atoms in total. The maximum Gasteiger partial charge on any atom is 0.419 e. The second kappa shape index (κ2) is 7.79. The van der Waals surface area contributed by atoms with Crippen molar-refractivity contribution in [2.45, 2.75) is 26.4 Å². The molecule has 0 atom stereocenters. The van der Waals surface area contributed by atoms with Crippen molar-refractivity contribution in [1.82, 2.24) is 4.57 Å². The maximum absolute atomic E-state index is 12.7. The molecule has 0 amide bonds. The number of aromatic nitrogens is 1. The first-order valence-electron chi connectivity index (χ1n) is 8.12. The van der Waals surface area contributed by atoms with Gasteiger partial charge < -0.3 is 15.2 Å². The molecule has 0 unspecified atom stereocenters. The summed E-state index contributed by atoms with van der Waals surface area (Å²) in [5.41, 5.74) is 7.56. The Balaban J connectivity index is 2.57. The molecule has 1 aromatic heterocycles. The first-order chi connectivity index (χ1) is 13.1. The molecule has 2 rings (SSSR count). The fourth-order valence-electron chi connectivity index (χ4n) is 2.30. The van der Waals surface area contributed by atoms with Crippen molar-refractivity contribution >= 4 is 40.2 Å². The highest BCUT2D eigenvalue weighted by atomic mass is 16.6. The lowest BCUT2D eigenvalue weighted by Crippen LogP contribution is -2.29. The summed E-state index contributed by atoms with van der Waals surface area (Å²) in [6, 6.07) is 8.02. The zero-order valence-electron chi connectivity index (χ0n) is 15.9. The molecule has 1 heterocycles. The van der Waals surface area contributed by atoms with E-state index in [0.717, 1.165) is 4.57 Å². The van der Waals surface area contributed by atoms with E-state index in [0.29, 0.717) is 16.6 Å². The van der Waals surface area contributed by atoms with Gasteiger partial charge >= 0.3 is 12.1 Å². The predicted octanol–water partition coefficient (Wildman–Crippen LogP) is 2.44. The van der Waals surface area contributed by atoms with Crippen molar-refractivity contribution in [1.29, 1.82) is 10.7 Å². The third-order valence-corrected chi connectivity index (χ3v) is 3.43. The Hall–Kier alpha value is -3.87. The number of nitrogens with two attached hydrogens (primary N) is 1. The number of hydrogen-bond donors (Lipinski definition) is 3. The smallest absolute Gasteiger partial charge is 0.419 e. The van der Waals surface area contributed by atoms with E-state index in [1.54, 1.807) is 45.0 Å². The van der Waals surface area contributed by atoms with Crippen molar-refractivity contribution in [3.8, 4) is 6.07 Å². The van der Waals surface area contributed by atoms with Crippen molar-refractivity contribution in [3.63, 3.8) is 0 Å². The van der Waals surface area contributed by atoms with Crippen LogP contribution in [0.15, 0.2) is 29.4 Å². The highest BCUT2D eigenvalue weighted by molar-refractivity contribution is 6.45. The van der Waals surface area contributed by atoms with Crippen LogP contribution in [-0.4, -0.2) is 40.9 Å². The Morgan fingerprint density at radius 2 is 2.00 bits per heavy atom. The number of esters is 1. The quantitative estimate of drug-likeness (QED) is 0.316. The summed E-state index contributed by atoms with van der Waals surface area (Å²) < 4.78 is 11.3. The Morgan fingerprint density at radius 3 is 2.54 bits per heavy atom. The predicted molar refractivity (Wildman–Crippen MR) is 103 cm³/mol. The SMILES string of the molecule is COC(=O)c1cc2ccc(N/N=C(\C#N)C(=N)N)cc2n1C(=O)OC(C)(C)C. The number of rotatable bonds is 4. The number of nitrogens with one attached hydrogen (secondary N) is 2. The van der Waals surface area contributed by atoms with E-state index in [2.05, 4.69) is 10.5 Å². The first-order valence-corrected chi connectivity index (χ1v) is 8.12. The van der Waals surface area contributed by atoms with Gasteiger partial charge in [-0.05, 0) is 39.0 Å². The number of amidine groups is 1. The lowest BCUT2D eigenvalue weighted by Gasteiger charge is -2.20. The molecule has 10 heteroatoms. The van der Waals surface area contributed by atoms with Crippen LogP contribution in [0.25, 0.3) is 10.9 Å². The molecule has 0 bridgehead atoms. The topological polar surface area (TPSA) is 156 Å². The number of nitrogens with zero attached hydrogens (tertiary/aromatic N) is 3. The van der Waals surface area contributed by atoms with Crippen molar-refractivity contribution in [2.24, 2.45) is 10.8 Å². The van der Waals surface area contributed by atoms with E-state index in [4.69, 9.17) is 25.9 Å². The monoisotopic (exact) mass is 384 g/mol. The van der Waals surface area contributed by atoms with Gasteiger partial charge in [0.25, 0.3) is 0 Å². The molecule has 28 heavy (non-hydrogen) atoms. The molecular formula is C18H20N6O4. The lowest BCUT2D eigenvalue weighted by atomic mass is 10.2. The Morgan fingerprint density at radius 1 is 1.32 bits per heavy atom. The average Bonchev–Trinajstić information content (AvgIpc) is 2.98. The normalized spacial score (nSPS) is 11.6. The minimum absolute atomic E-state index is 0.00820. The van der Waals surface area contributed by atoms with Crippen LogP contribution in [0.4, 0.5) is 10.5 Å². The standard InChI is InChI=1S/C18H20N6O4/c1-18(2,3)28-17(26)24-13-8-11(22-23-12(9-19)15(20)21)6-5-10(13)7-14(24)16(25)27-4/h5-8,22H,1-4H3,(H3,20,21)/b23-12+. The van der Waals surface area contributed by atoms with Crippen molar-refractivity contribution in [2.75, 3.05) is 12.5 Å². The zero-order chi connectivity index (χ0) is 21.1. The minimum atomic E-state index is -0.773. The van der Waals surface area contributed by atoms with Gasteiger partial charge in [0.05, 0.1) is 18.3 Å². The van der Waals surface area contributed by atoms with Crippen LogP contribution in [0.3, 0.4) is 0 Å². The number of carbonyl (C=O) groups excluding carboxylic acids is 2. The van der Waals surface area contributed by atoms with Gasteiger partial charge in [-0.15, -0.1) is 0 Å². The van der Waals surface area contributed by atoms with Gasteiger partial charge in [-0.1, -0.05) is 6.07 Å². The van der Waals surface area contributed by atoms with Gasteiger partial charge in [0, 0.05) is 5.39 Å². The van der Waals surface area contributed by atoms with E-state index in [9.17, 15) is 9.59 Å². The summed E-state index contributed by atoms with van der Waals surface area (Å²) >= 11 is 0. The van der Waals surface area contributed by atoms with Crippen molar-refractivity contribution in [3.05, 3.63) is 30.0 Å². The summed E-state index contributed by atoms with van der Waals surface area (Å²) in [5, 5.41) is 20.5. The molecule has 0 aliphatic heterocycles. The van der Waals surface area contributed by atoms with Crippen LogP contribution in [0.5, 0.6) is 0 Å². The van der Waals surface area contributed by atoms with E-state index in [-0.39, 0.29) is 11.4 Å². The number of benzene rings is 1. The number of anilines is 1. The fraction of sp³-hybridized carbons (Fsp3) is 0.278. The Bertz CT molecular complexity index is 1020. The van der Waals surface area contributed by atoms with Crippen LogP contribution in [0.1, 0.15) is 31.3 Å². The Labute approximate surface area is 161 Å². The summed E-state index contributed by atoms with van der Waals surface area (Å²) in [6.45, 7) is 5.13. The van der Waals surface area contributed by atoms with E-state index in [1.165, 1.54) is 13.2 Å². The van der Waals surface area contributed by atoms with Crippen LogP contribution in [-0.2, 0) is 9.47 Å². The summed E-state index contributed by atoms with van der Waals surface area (Å²) in [5.74, 6) is -1.18. The molecule has 1 aromatic carbocycles. The molecule has 146 valence electrons. The third-order valence-electron chi connectivity index (χ3n) is 3.43. The number of hydrazone groups is 1. The van der Waals surface area contributed by atoms with Gasteiger partial charge in [-0.25, -0.2) is 14.2 Å². The summed E-state index contributed by atoms with van der Waals surface area (Å²) in [6.07, 6.45) is -0.745. The maximum atomic E-state index is 12.7. The zero-order valence-corrected chi connectivity index (χ0v) is 15.9. The molecule has 0 fully saturated rings. The number of carbonyl (C=O) groups is 2. The lowest BCUT2D eigenvalue weighted by molar-refractivity contribution is 0.0490. The molecule has 0 aliphatic rings. The van der Waals surface area contributed by atoms with Crippen LogP contribution in [0.2, 0.25) is 0 Å². The van der Waals surface area contributed by atoms with Gasteiger partial charge in [-0.2, -0.15) is 10.4 Å². The number of fused-ring (bicyclic) bond motifs is 1. The first kappa shape index (κ1) is 20.4. The highest BCUT2D eigenvalue weighted by Crippen LogP contribution is 2.25. The molecule has 0 radical (unpaired) electrons. The second-order valence-electron chi connectivity index (χ2n) is 6.71. The summed E-state index contributed by atoms with van der Waals surface area (Å²) in [7, 11) is 1.21. The third kappa shape index (κ3) is 4.45. The van der Waals surface area contributed by atoms with Gasteiger partial charge in [0.2, 0.25) is 5.71 Å². The molecule has 0 aliphatic carbocycles. The van der Waals surface area contributed by atoms with E-state index in [1.807, 2.05) is 0 Å². The number of nitriles is 1. The Kier molecular flexibility index (Phi) is 5.69. The van der Waals surface area contributed by atoms with Crippen molar-refractivity contribution < 1.29 is 19.1 Å². The van der Waals surface area contributed by atoms with Crippen LogP contribution in [0, 0.1) is 16.7 Å². The van der Waals surface area contributed by atoms with Crippen LogP contribution < -0.4 is 11.2 Å². The van der Waals surface area contributed by atoms with Crippen LogP contribution >= 0.6 is 0 Å². The highest BCUT2D eigenvalue weighted by Gasteiger charge is 2.25. The van der Waals surface area contributed by atoms with E-state index < -0.39 is 23.5 Å². The minimum Gasteiger partial charge on any atom is -0.464 e. The largest absolute Gasteiger partial charge is 0.464 e. The molecule has 0 saturated heterocycles. The molecular weight excluding hydrogens is 364 g/mol. The molecule has 0 spiro atoms. The number of hydrogen-bond acceptors (Lipinski definition) is 8. The fourth-order valence-corrected chi connectivity index (χ4v) is 2.30. The van der Waals surface area contributed by atoms with E-state index >= 15 is 0 Å². The molecule has 0 saturated carbocycles. The van der Waals surface area contributed by atoms with Gasteiger partial charge in [0.1, 0.15) is 17.4 Å². The van der Waals surface area contributed by atoms with Gasteiger partial charge in [0.15, 0.2) is 5.84 Å². The second-order valence-corrected chi connectivity index (χ2v) is 6.71. The van der Waals surface area contributed by atoms with Gasteiger partial charge in [-0.3, -0.25) is 10.8 Å². The number of ether oxygens (including phenoxy) is 2. The summed E-state index contributed by atoms with van der Waals surface area (Å²) in [4.78, 5) is 24.8. The average molecular weight is 384 g/mol. The molecule has 2 aromatic rings. The molecule has 4 N–H and O–H groups in total. The number of methoxy groups -OCH3 is 1.